The van der Waals surface area contributed by atoms with Gasteiger partial charge in [0.2, 0.25) is 0 Å². The maximum absolute atomic E-state index is 13.4. The molecule has 1 unspecified atom stereocenters. The molecule has 0 saturated heterocycles. The minimum absolute atomic E-state index is 0.0942. The second-order valence-electron chi connectivity index (χ2n) is 7.98. The number of nitrogens with zero attached hydrogens (tertiary/aromatic N) is 1. The lowest BCUT2D eigenvalue weighted by atomic mass is 10.1. The predicted molar refractivity (Wildman–Crippen MR) is 135 cm³/mol. The molecular weight excluding hydrogens is 488 g/mol. The van der Waals surface area contributed by atoms with Crippen molar-refractivity contribution in [2.45, 2.75) is 12.5 Å². The van der Waals surface area contributed by atoms with Gasteiger partial charge in [-0.1, -0.05) is 45.7 Å². The molecule has 1 aliphatic heterocycles. The average molecular weight is 510 g/mol. The quantitative estimate of drug-likeness (QED) is 0.298. The topological polar surface area (TPSA) is 63.9 Å². The number of likely N-dealkylation sites (N-methyl/N-ethyl adjacent to an activating group) is 1. The number of nitrogens with one attached hydrogen (secondary N) is 3. The lowest BCUT2D eigenvalue weighted by Gasteiger charge is -2.26. The summed E-state index contributed by atoms with van der Waals surface area (Å²) >= 11 is 9.69. The summed E-state index contributed by atoms with van der Waals surface area (Å²) in [5.41, 5.74) is 4.12. The molecule has 1 aliphatic rings. The molecular formula is C25H22BrClN4O. The van der Waals surface area contributed by atoms with Crippen LogP contribution in [0.1, 0.15) is 16.8 Å². The van der Waals surface area contributed by atoms with Gasteiger partial charge in [0.25, 0.3) is 5.91 Å². The molecule has 0 fully saturated rings. The molecule has 5 rings (SSSR count). The van der Waals surface area contributed by atoms with Gasteiger partial charge >= 0.3 is 0 Å². The summed E-state index contributed by atoms with van der Waals surface area (Å²) in [6, 6.07) is 13.9. The van der Waals surface area contributed by atoms with Crippen LogP contribution in [0.2, 0.25) is 5.02 Å². The molecule has 3 heterocycles. The minimum Gasteiger partial charge on any atom is -0.374 e. The molecule has 0 bridgehead atoms. The molecule has 2 aromatic heterocycles. The SMILES string of the molecule is CN1C=CC=CC1CCNC(=O)c1c(-c2cc3cc(Cl)ccc3[nH]2)[nH]c2cc(Br)ccc12. The van der Waals surface area contributed by atoms with Crippen molar-refractivity contribution in [2.24, 2.45) is 0 Å². The highest BCUT2D eigenvalue weighted by molar-refractivity contribution is 9.10. The Bertz CT molecular complexity index is 1380. The van der Waals surface area contributed by atoms with Crippen molar-refractivity contribution < 1.29 is 4.79 Å². The smallest absolute Gasteiger partial charge is 0.254 e. The van der Waals surface area contributed by atoms with Gasteiger partial charge in [-0.2, -0.15) is 0 Å². The number of hydrogen-bond donors (Lipinski definition) is 3. The first-order chi connectivity index (χ1) is 15.5. The Hall–Kier alpha value is -2.96. The Morgan fingerprint density at radius 2 is 2.00 bits per heavy atom. The molecule has 0 aliphatic carbocycles. The van der Waals surface area contributed by atoms with E-state index in [0.717, 1.165) is 44.1 Å². The van der Waals surface area contributed by atoms with E-state index < -0.39 is 0 Å². The second-order valence-corrected chi connectivity index (χ2v) is 9.34. The molecule has 1 atom stereocenters. The van der Waals surface area contributed by atoms with Gasteiger partial charge in [-0.15, -0.1) is 0 Å². The summed E-state index contributed by atoms with van der Waals surface area (Å²) in [4.78, 5) is 22.4. The van der Waals surface area contributed by atoms with Crippen LogP contribution in [0.5, 0.6) is 0 Å². The van der Waals surface area contributed by atoms with E-state index in [-0.39, 0.29) is 11.9 Å². The molecule has 162 valence electrons. The number of carbonyl (C=O) groups excluding carboxylic acids is 1. The van der Waals surface area contributed by atoms with E-state index in [1.54, 1.807) is 0 Å². The van der Waals surface area contributed by atoms with Crippen LogP contribution < -0.4 is 5.32 Å². The Morgan fingerprint density at radius 3 is 2.84 bits per heavy atom. The minimum atomic E-state index is -0.0942. The van der Waals surface area contributed by atoms with Crippen molar-refractivity contribution in [1.82, 2.24) is 20.2 Å². The van der Waals surface area contributed by atoms with Crippen molar-refractivity contribution in [2.75, 3.05) is 13.6 Å². The van der Waals surface area contributed by atoms with Gasteiger partial charge in [0.1, 0.15) is 0 Å². The second kappa shape index (κ2) is 8.52. The fraction of sp³-hybridized carbons (Fsp3) is 0.160. The van der Waals surface area contributed by atoms with E-state index in [2.05, 4.69) is 42.2 Å². The zero-order valence-electron chi connectivity index (χ0n) is 17.5. The van der Waals surface area contributed by atoms with Gasteiger partial charge in [0.15, 0.2) is 0 Å². The van der Waals surface area contributed by atoms with Crippen LogP contribution in [0.25, 0.3) is 33.2 Å². The van der Waals surface area contributed by atoms with E-state index in [1.807, 2.05) is 67.9 Å². The van der Waals surface area contributed by atoms with E-state index in [9.17, 15) is 4.79 Å². The Labute approximate surface area is 199 Å². The zero-order valence-corrected chi connectivity index (χ0v) is 19.8. The maximum atomic E-state index is 13.4. The van der Waals surface area contributed by atoms with Gasteiger partial charge in [-0.05, 0) is 55.1 Å². The molecule has 32 heavy (non-hydrogen) atoms. The van der Waals surface area contributed by atoms with Crippen LogP contribution in [0, 0.1) is 0 Å². The van der Waals surface area contributed by atoms with Crippen molar-refractivity contribution in [3.05, 3.63) is 82.0 Å². The molecule has 1 amide bonds. The summed E-state index contributed by atoms with van der Waals surface area (Å²) in [6.45, 7) is 0.580. The molecule has 7 heteroatoms. The Balaban J connectivity index is 1.48. The van der Waals surface area contributed by atoms with Crippen LogP contribution in [0.3, 0.4) is 0 Å². The number of aromatic nitrogens is 2. The Kier molecular flexibility index (Phi) is 5.57. The number of carbonyl (C=O) groups is 1. The average Bonchev–Trinajstić information content (AvgIpc) is 3.35. The maximum Gasteiger partial charge on any atom is 0.254 e. The number of benzene rings is 2. The number of fused-ring (bicyclic) bond motifs is 2. The molecule has 4 aromatic rings. The third kappa shape index (κ3) is 3.96. The van der Waals surface area contributed by atoms with Gasteiger partial charge in [0.05, 0.1) is 17.0 Å². The molecule has 5 nitrogen and oxygen atoms in total. The van der Waals surface area contributed by atoms with Crippen molar-refractivity contribution >= 4 is 55.2 Å². The number of hydrogen-bond acceptors (Lipinski definition) is 2. The molecule has 0 radical (unpaired) electrons. The Morgan fingerprint density at radius 1 is 1.12 bits per heavy atom. The van der Waals surface area contributed by atoms with Crippen LogP contribution >= 0.6 is 27.5 Å². The first-order valence-corrected chi connectivity index (χ1v) is 11.6. The summed E-state index contributed by atoms with van der Waals surface area (Å²) in [6.07, 6.45) is 9.08. The number of aromatic amines is 2. The number of halogens is 2. The lowest BCUT2D eigenvalue weighted by Crippen LogP contribution is -2.32. The van der Waals surface area contributed by atoms with Gasteiger partial charge in [0, 0.05) is 50.9 Å². The first kappa shape index (κ1) is 20.9. The molecule has 2 aromatic carbocycles. The highest BCUT2D eigenvalue weighted by atomic mass is 79.9. The monoisotopic (exact) mass is 508 g/mol. The first-order valence-electron chi connectivity index (χ1n) is 10.4. The van der Waals surface area contributed by atoms with Crippen molar-refractivity contribution in [3.63, 3.8) is 0 Å². The molecule has 0 saturated carbocycles. The predicted octanol–water partition coefficient (Wildman–Crippen LogP) is 6.24. The summed E-state index contributed by atoms with van der Waals surface area (Å²) in [5.74, 6) is -0.0942. The number of rotatable bonds is 5. The van der Waals surface area contributed by atoms with Gasteiger partial charge in [-0.25, -0.2) is 0 Å². The van der Waals surface area contributed by atoms with Crippen LogP contribution in [0.15, 0.2) is 71.4 Å². The number of H-pyrrole nitrogens is 2. The van der Waals surface area contributed by atoms with Crippen LogP contribution in [0.4, 0.5) is 0 Å². The van der Waals surface area contributed by atoms with Crippen molar-refractivity contribution in [3.8, 4) is 11.4 Å². The summed E-state index contributed by atoms with van der Waals surface area (Å²) < 4.78 is 0.952. The standard InChI is InChI=1S/C25H22BrClN4O/c1-31-11-3-2-4-18(31)9-10-28-25(32)23-19-7-5-16(26)14-21(19)30-24(23)22-13-15-12-17(27)6-8-20(15)29-22/h2-8,11-14,18,29-30H,9-10H2,1H3,(H,28,32). The molecule has 0 spiro atoms. The van der Waals surface area contributed by atoms with Crippen molar-refractivity contribution in [1.29, 1.82) is 0 Å². The highest BCUT2D eigenvalue weighted by Crippen LogP contribution is 2.33. The van der Waals surface area contributed by atoms with Crippen LogP contribution in [-0.4, -0.2) is 40.4 Å². The number of amides is 1. The van der Waals surface area contributed by atoms with E-state index >= 15 is 0 Å². The van der Waals surface area contributed by atoms with Crippen LogP contribution in [-0.2, 0) is 0 Å². The zero-order chi connectivity index (χ0) is 22.2. The number of allylic oxidation sites excluding steroid dienone is 2. The van der Waals surface area contributed by atoms with E-state index in [1.165, 1.54) is 0 Å². The van der Waals surface area contributed by atoms with E-state index in [0.29, 0.717) is 17.1 Å². The van der Waals surface area contributed by atoms with Gasteiger partial charge < -0.3 is 20.2 Å². The van der Waals surface area contributed by atoms with E-state index in [4.69, 9.17) is 11.6 Å². The largest absolute Gasteiger partial charge is 0.374 e. The third-order valence-corrected chi connectivity index (χ3v) is 6.58. The third-order valence-electron chi connectivity index (χ3n) is 5.85. The molecule has 3 N–H and O–H groups in total. The fourth-order valence-electron chi connectivity index (χ4n) is 4.19. The summed E-state index contributed by atoms with van der Waals surface area (Å²) in [5, 5.41) is 5.68. The lowest BCUT2D eigenvalue weighted by molar-refractivity contribution is 0.0953. The normalized spacial score (nSPS) is 15.7. The highest BCUT2D eigenvalue weighted by Gasteiger charge is 2.21. The fourth-order valence-corrected chi connectivity index (χ4v) is 4.73. The summed E-state index contributed by atoms with van der Waals surface area (Å²) in [7, 11) is 2.05. The van der Waals surface area contributed by atoms with Gasteiger partial charge in [-0.3, -0.25) is 4.79 Å².